The molecule has 0 aliphatic carbocycles. The summed E-state index contributed by atoms with van der Waals surface area (Å²) in [6.07, 6.45) is 7.34. The van der Waals surface area contributed by atoms with Crippen LogP contribution in [0.3, 0.4) is 0 Å². The molecule has 192 valence electrons. The van der Waals surface area contributed by atoms with Gasteiger partial charge >= 0.3 is 11.9 Å². The summed E-state index contributed by atoms with van der Waals surface area (Å²) in [5.41, 5.74) is -0.130. The Kier molecular flexibility index (Phi) is 11.5. The van der Waals surface area contributed by atoms with E-state index in [1.54, 1.807) is 0 Å². The molecule has 0 fully saturated rings. The highest BCUT2D eigenvalue weighted by Gasteiger charge is 2.27. The van der Waals surface area contributed by atoms with Gasteiger partial charge in [-0.2, -0.15) is 8.78 Å². The van der Waals surface area contributed by atoms with E-state index in [9.17, 15) is 31.5 Å². The molecule has 0 saturated heterocycles. The highest BCUT2D eigenvalue weighted by molar-refractivity contribution is 6.03. The summed E-state index contributed by atoms with van der Waals surface area (Å²) in [4.78, 5) is 24.8. The first-order valence-corrected chi connectivity index (χ1v) is 11.4. The zero-order valence-corrected chi connectivity index (χ0v) is 19.3. The van der Waals surface area contributed by atoms with Crippen molar-refractivity contribution in [3.63, 3.8) is 0 Å². The number of carbonyl (C=O) groups is 2. The lowest BCUT2D eigenvalue weighted by atomic mass is 10.1. The molecule has 0 aromatic heterocycles. The van der Waals surface area contributed by atoms with Gasteiger partial charge in [0, 0.05) is 0 Å². The number of benzene rings is 2. The second-order valence-corrected chi connectivity index (χ2v) is 7.69. The van der Waals surface area contributed by atoms with Gasteiger partial charge in [-0.15, -0.1) is 0 Å². The van der Waals surface area contributed by atoms with Gasteiger partial charge < -0.3 is 14.2 Å². The van der Waals surface area contributed by atoms with Crippen molar-refractivity contribution in [2.24, 2.45) is 0 Å². The normalized spacial score (nSPS) is 10.8. The van der Waals surface area contributed by atoms with Crippen LogP contribution in [0.4, 0.5) is 22.0 Å². The Morgan fingerprint density at radius 1 is 0.629 bits per heavy atom. The van der Waals surface area contributed by atoms with Crippen LogP contribution >= 0.6 is 0 Å². The van der Waals surface area contributed by atoms with Crippen molar-refractivity contribution < 1.29 is 45.8 Å². The van der Waals surface area contributed by atoms with Crippen LogP contribution in [0.1, 0.15) is 72.6 Å². The number of unbranched alkanes of at least 4 members (excludes halogenated alkanes) is 6. The summed E-state index contributed by atoms with van der Waals surface area (Å²) >= 11 is 0. The summed E-state index contributed by atoms with van der Waals surface area (Å²) < 4.78 is 81.4. The van der Waals surface area contributed by atoms with Crippen molar-refractivity contribution in [1.82, 2.24) is 0 Å². The second-order valence-electron chi connectivity index (χ2n) is 7.69. The van der Waals surface area contributed by atoms with E-state index in [0.29, 0.717) is 6.42 Å². The fourth-order valence-electron chi connectivity index (χ4n) is 3.21. The van der Waals surface area contributed by atoms with Gasteiger partial charge in [0.1, 0.15) is 13.2 Å². The third-order valence-corrected chi connectivity index (χ3v) is 5.08. The highest BCUT2D eigenvalue weighted by atomic mass is 19.2. The standard InChI is InChI=1S/C25H27F5O5/c1-2-3-4-5-6-7-10-13-34-24(31)16-11-8-9-12-17(16)25(32)35-15-14-33-23-21(29)19(27)18(26)20(28)22(23)30/h8-9,11-12H,2-7,10,13-15H2,1H3. The van der Waals surface area contributed by atoms with E-state index < -0.39 is 60.0 Å². The Hall–Kier alpha value is -3.17. The van der Waals surface area contributed by atoms with E-state index in [0.717, 1.165) is 25.7 Å². The lowest BCUT2D eigenvalue weighted by molar-refractivity contribution is 0.0418. The molecule has 0 radical (unpaired) electrons. The van der Waals surface area contributed by atoms with Crippen LogP contribution in [0.15, 0.2) is 24.3 Å². The molecule has 0 heterocycles. The van der Waals surface area contributed by atoms with Gasteiger partial charge in [-0.25, -0.2) is 22.8 Å². The minimum Gasteiger partial charge on any atom is -0.484 e. The van der Waals surface area contributed by atoms with Crippen molar-refractivity contribution in [3.05, 3.63) is 64.5 Å². The zero-order chi connectivity index (χ0) is 25.8. The first-order valence-electron chi connectivity index (χ1n) is 11.4. The zero-order valence-electron chi connectivity index (χ0n) is 19.3. The Labute approximate surface area is 200 Å². The quantitative estimate of drug-likeness (QED) is 0.0967. The minimum atomic E-state index is -2.31. The Bertz CT molecular complexity index is 983. The molecule has 10 heteroatoms. The Morgan fingerprint density at radius 3 is 1.63 bits per heavy atom. The average Bonchev–Trinajstić information content (AvgIpc) is 2.87. The molecule has 2 aromatic rings. The number of hydrogen-bond donors (Lipinski definition) is 0. The van der Waals surface area contributed by atoms with Gasteiger partial charge in [0.15, 0.2) is 5.75 Å². The maximum Gasteiger partial charge on any atom is 0.339 e. The molecule has 0 bridgehead atoms. The third-order valence-electron chi connectivity index (χ3n) is 5.08. The lowest BCUT2D eigenvalue weighted by Gasteiger charge is -2.12. The van der Waals surface area contributed by atoms with Crippen LogP contribution in [0, 0.1) is 29.1 Å². The summed E-state index contributed by atoms with van der Waals surface area (Å²) in [7, 11) is 0. The molecule has 2 rings (SSSR count). The number of ether oxygens (including phenoxy) is 3. The number of hydrogen-bond acceptors (Lipinski definition) is 5. The second kappa shape index (κ2) is 14.3. The van der Waals surface area contributed by atoms with Crippen molar-refractivity contribution in [2.45, 2.75) is 51.9 Å². The molecular weight excluding hydrogens is 475 g/mol. The summed E-state index contributed by atoms with van der Waals surface area (Å²) in [6, 6.07) is 5.75. The van der Waals surface area contributed by atoms with Crippen LogP contribution < -0.4 is 4.74 Å². The van der Waals surface area contributed by atoms with E-state index in [1.807, 2.05) is 0 Å². The maximum atomic E-state index is 13.6. The SMILES string of the molecule is CCCCCCCCCOC(=O)c1ccccc1C(=O)OCCOc1c(F)c(F)c(F)c(F)c1F. The smallest absolute Gasteiger partial charge is 0.339 e. The first kappa shape index (κ1) is 28.1. The predicted molar refractivity (Wildman–Crippen MR) is 117 cm³/mol. The average molecular weight is 502 g/mol. The molecule has 0 spiro atoms. The Morgan fingerprint density at radius 2 is 1.09 bits per heavy atom. The summed E-state index contributed by atoms with van der Waals surface area (Å²) in [5.74, 6) is -14.0. The molecule has 0 N–H and O–H groups in total. The molecular formula is C25H27F5O5. The number of rotatable bonds is 14. The highest BCUT2D eigenvalue weighted by Crippen LogP contribution is 2.29. The molecule has 0 aliphatic rings. The topological polar surface area (TPSA) is 61.8 Å². The van der Waals surface area contributed by atoms with E-state index in [4.69, 9.17) is 9.47 Å². The number of halogens is 5. The van der Waals surface area contributed by atoms with Gasteiger partial charge in [0.2, 0.25) is 29.1 Å². The number of carbonyl (C=O) groups excluding carboxylic acids is 2. The lowest BCUT2D eigenvalue weighted by Crippen LogP contribution is -2.17. The largest absolute Gasteiger partial charge is 0.484 e. The van der Waals surface area contributed by atoms with Crippen molar-refractivity contribution >= 4 is 11.9 Å². The van der Waals surface area contributed by atoms with E-state index in [-0.39, 0.29) is 17.7 Å². The molecule has 5 nitrogen and oxygen atoms in total. The van der Waals surface area contributed by atoms with E-state index in [2.05, 4.69) is 11.7 Å². The molecule has 0 amide bonds. The predicted octanol–water partition coefficient (Wildman–Crippen LogP) is 6.53. The van der Waals surface area contributed by atoms with E-state index in [1.165, 1.54) is 37.1 Å². The first-order chi connectivity index (χ1) is 16.8. The molecule has 0 unspecified atom stereocenters. The molecule has 0 saturated carbocycles. The van der Waals surface area contributed by atoms with Gasteiger partial charge in [-0.1, -0.05) is 57.6 Å². The van der Waals surface area contributed by atoms with Crippen LogP contribution in [-0.4, -0.2) is 31.8 Å². The monoisotopic (exact) mass is 502 g/mol. The maximum absolute atomic E-state index is 13.6. The minimum absolute atomic E-state index is 0.0267. The molecule has 2 aromatic carbocycles. The van der Waals surface area contributed by atoms with Crippen LogP contribution in [0.5, 0.6) is 5.75 Å². The fraction of sp³-hybridized carbons (Fsp3) is 0.440. The van der Waals surface area contributed by atoms with Crippen molar-refractivity contribution in [3.8, 4) is 5.75 Å². The van der Waals surface area contributed by atoms with Crippen molar-refractivity contribution in [1.29, 1.82) is 0 Å². The van der Waals surface area contributed by atoms with Crippen molar-refractivity contribution in [2.75, 3.05) is 19.8 Å². The van der Waals surface area contributed by atoms with Gasteiger partial charge in [0.05, 0.1) is 17.7 Å². The molecule has 0 aliphatic heterocycles. The fourth-order valence-corrected chi connectivity index (χ4v) is 3.21. The van der Waals surface area contributed by atoms with Crippen LogP contribution in [0.2, 0.25) is 0 Å². The van der Waals surface area contributed by atoms with E-state index >= 15 is 0 Å². The third kappa shape index (κ3) is 7.93. The summed E-state index contributed by atoms with van der Waals surface area (Å²) in [5, 5.41) is 0. The van der Waals surface area contributed by atoms with Crippen LogP contribution in [-0.2, 0) is 9.47 Å². The summed E-state index contributed by atoms with van der Waals surface area (Å²) in [6.45, 7) is 1.06. The Balaban J connectivity index is 1.85. The number of esters is 2. The van der Waals surface area contributed by atoms with Crippen LogP contribution in [0.25, 0.3) is 0 Å². The van der Waals surface area contributed by atoms with Gasteiger partial charge in [0.25, 0.3) is 0 Å². The van der Waals surface area contributed by atoms with Gasteiger partial charge in [-0.05, 0) is 18.6 Å². The molecule has 0 atom stereocenters. The van der Waals surface area contributed by atoms with Gasteiger partial charge in [-0.3, -0.25) is 0 Å². The molecule has 35 heavy (non-hydrogen) atoms.